The van der Waals surface area contributed by atoms with Gasteiger partial charge in [0.25, 0.3) is 5.91 Å². The monoisotopic (exact) mass is 261 g/mol. The number of nitrogens with two attached hydrogens (primary N) is 1. The summed E-state index contributed by atoms with van der Waals surface area (Å²) in [6.45, 7) is 1.93. The van der Waals surface area contributed by atoms with Gasteiger partial charge in [-0.05, 0) is 36.8 Å². The SMILES string of the molecule is Cc1ccc(NC(=O)c2ccc(Cl)c(N)c2)nc1. The predicted octanol–water partition coefficient (Wildman–Crippen LogP) is 2.88. The summed E-state index contributed by atoms with van der Waals surface area (Å²) in [4.78, 5) is 16.0. The third-order valence-electron chi connectivity index (χ3n) is 2.41. The summed E-state index contributed by atoms with van der Waals surface area (Å²) in [5.74, 6) is 0.230. The van der Waals surface area contributed by atoms with Gasteiger partial charge in [0, 0.05) is 11.8 Å². The molecule has 0 unspecified atom stereocenters. The number of aromatic nitrogens is 1. The van der Waals surface area contributed by atoms with Gasteiger partial charge in [0.05, 0.1) is 10.7 Å². The molecule has 92 valence electrons. The molecule has 0 atom stereocenters. The van der Waals surface area contributed by atoms with Crippen molar-refractivity contribution in [1.29, 1.82) is 0 Å². The molecule has 0 saturated heterocycles. The van der Waals surface area contributed by atoms with Crippen molar-refractivity contribution in [2.75, 3.05) is 11.1 Å². The highest BCUT2D eigenvalue weighted by atomic mass is 35.5. The second kappa shape index (κ2) is 5.06. The number of nitrogens with one attached hydrogen (secondary N) is 1. The minimum atomic E-state index is -0.269. The van der Waals surface area contributed by atoms with E-state index in [0.29, 0.717) is 22.1 Å². The lowest BCUT2D eigenvalue weighted by atomic mass is 10.2. The summed E-state index contributed by atoms with van der Waals surface area (Å²) in [5.41, 5.74) is 7.50. The minimum Gasteiger partial charge on any atom is -0.398 e. The first-order chi connectivity index (χ1) is 8.56. The second-order valence-electron chi connectivity index (χ2n) is 3.91. The first-order valence-corrected chi connectivity index (χ1v) is 5.73. The molecule has 2 aromatic rings. The van der Waals surface area contributed by atoms with Gasteiger partial charge >= 0.3 is 0 Å². The number of nitrogens with zero attached hydrogens (tertiary/aromatic N) is 1. The molecule has 1 aromatic carbocycles. The van der Waals surface area contributed by atoms with Crippen molar-refractivity contribution in [1.82, 2.24) is 4.98 Å². The van der Waals surface area contributed by atoms with E-state index in [2.05, 4.69) is 10.3 Å². The Morgan fingerprint density at radius 2 is 2.11 bits per heavy atom. The predicted molar refractivity (Wildman–Crippen MR) is 72.8 cm³/mol. The quantitative estimate of drug-likeness (QED) is 0.817. The lowest BCUT2D eigenvalue weighted by Crippen LogP contribution is -2.13. The Labute approximate surface area is 110 Å². The summed E-state index contributed by atoms with van der Waals surface area (Å²) in [6, 6.07) is 8.35. The fraction of sp³-hybridized carbons (Fsp3) is 0.0769. The molecule has 0 aliphatic rings. The van der Waals surface area contributed by atoms with Crippen LogP contribution in [0.3, 0.4) is 0 Å². The molecule has 0 fully saturated rings. The number of carbonyl (C=O) groups excluding carboxylic acids is 1. The number of aryl methyl sites for hydroxylation is 1. The number of amides is 1. The molecule has 5 heteroatoms. The Kier molecular flexibility index (Phi) is 3.48. The van der Waals surface area contributed by atoms with Crippen molar-refractivity contribution >= 4 is 29.0 Å². The summed E-state index contributed by atoms with van der Waals surface area (Å²) in [6.07, 6.45) is 1.69. The van der Waals surface area contributed by atoms with Gasteiger partial charge in [-0.1, -0.05) is 17.7 Å². The molecule has 1 amide bonds. The molecule has 4 nitrogen and oxygen atoms in total. The van der Waals surface area contributed by atoms with Crippen LogP contribution < -0.4 is 11.1 Å². The van der Waals surface area contributed by atoms with E-state index >= 15 is 0 Å². The molecule has 0 aliphatic carbocycles. The molecule has 18 heavy (non-hydrogen) atoms. The molecular weight excluding hydrogens is 250 g/mol. The zero-order chi connectivity index (χ0) is 13.1. The average molecular weight is 262 g/mol. The van der Waals surface area contributed by atoms with Gasteiger partial charge in [0.1, 0.15) is 5.82 Å². The van der Waals surface area contributed by atoms with Crippen LogP contribution in [-0.2, 0) is 0 Å². The number of hydrogen-bond donors (Lipinski definition) is 2. The van der Waals surface area contributed by atoms with Crippen molar-refractivity contribution < 1.29 is 4.79 Å². The molecule has 0 spiro atoms. The Balaban J connectivity index is 2.16. The lowest BCUT2D eigenvalue weighted by Gasteiger charge is -2.06. The minimum absolute atomic E-state index is 0.269. The van der Waals surface area contributed by atoms with E-state index in [1.54, 1.807) is 24.4 Å². The van der Waals surface area contributed by atoms with E-state index in [0.717, 1.165) is 5.56 Å². The summed E-state index contributed by atoms with van der Waals surface area (Å²) in [7, 11) is 0. The number of anilines is 2. The Hall–Kier alpha value is -2.07. The van der Waals surface area contributed by atoms with E-state index in [1.165, 1.54) is 6.07 Å². The average Bonchev–Trinajstić information content (AvgIpc) is 2.35. The number of rotatable bonds is 2. The Bertz CT molecular complexity index is 581. The number of hydrogen-bond acceptors (Lipinski definition) is 3. The molecule has 3 N–H and O–H groups in total. The van der Waals surface area contributed by atoms with Gasteiger partial charge in [0.15, 0.2) is 0 Å². The van der Waals surface area contributed by atoms with E-state index in [9.17, 15) is 4.79 Å². The highest BCUT2D eigenvalue weighted by molar-refractivity contribution is 6.33. The Morgan fingerprint density at radius 1 is 1.33 bits per heavy atom. The van der Waals surface area contributed by atoms with Gasteiger partial charge in [-0.25, -0.2) is 4.98 Å². The summed E-state index contributed by atoms with van der Waals surface area (Å²) >= 11 is 5.79. The molecule has 1 aromatic heterocycles. The van der Waals surface area contributed by atoms with E-state index < -0.39 is 0 Å². The molecule has 0 bridgehead atoms. The third kappa shape index (κ3) is 2.78. The zero-order valence-electron chi connectivity index (χ0n) is 9.77. The molecule has 0 radical (unpaired) electrons. The fourth-order valence-electron chi connectivity index (χ4n) is 1.42. The smallest absolute Gasteiger partial charge is 0.256 e. The highest BCUT2D eigenvalue weighted by Gasteiger charge is 2.08. The van der Waals surface area contributed by atoms with Crippen LogP contribution >= 0.6 is 11.6 Å². The van der Waals surface area contributed by atoms with Gasteiger partial charge in [-0.3, -0.25) is 4.79 Å². The van der Waals surface area contributed by atoms with Gasteiger partial charge in [-0.2, -0.15) is 0 Å². The number of halogens is 1. The molecular formula is C13H12ClN3O. The van der Waals surface area contributed by atoms with Crippen LogP contribution in [0.5, 0.6) is 0 Å². The van der Waals surface area contributed by atoms with Crippen molar-refractivity contribution in [2.24, 2.45) is 0 Å². The third-order valence-corrected chi connectivity index (χ3v) is 2.76. The van der Waals surface area contributed by atoms with Crippen LogP contribution in [0.15, 0.2) is 36.5 Å². The van der Waals surface area contributed by atoms with Crippen molar-refractivity contribution in [3.05, 3.63) is 52.7 Å². The van der Waals surface area contributed by atoms with Crippen LogP contribution in [0.25, 0.3) is 0 Å². The largest absolute Gasteiger partial charge is 0.398 e. The zero-order valence-corrected chi connectivity index (χ0v) is 10.5. The van der Waals surface area contributed by atoms with E-state index in [1.807, 2.05) is 13.0 Å². The summed E-state index contributed by atoms with van der Waals surface area (Å²) < 4.78 is 0. The van der Waals surface area contributed by atoms with Crippen LogP contribution in [0.2, 0.25) is 5.02 Å². The second-order valence-corrected chi connectivity index (χ2v) is 4.32. The fourth-order valence-corrected chi connectivity index (χ4v) is 1.53. The maximum Gasteiger partial charge on any atom is 0.256 e. The maximum atomic E-state index is 11.9. The van der Waals surface area contributed by atoms with Crippen LogP contribution in [0.4, 0.5) is 11.5 Å². The topological polar surface area (TPSA) is 68.0 Å². The summed E-state index contributed by atoms with van der Waals surface area (Å²) in [5, 5.41) is 3.11. The highest BCUT2D eigenvalue weighted by Crippen LogP contribution is 2.20. The van der Waals surface area contributed by atoms with Crippen molar-refractivity contribution in [3.8, 4) is 0 Å². The van der Waals surface area contributed by atoms with E-state index in [4.69, 9.17) is 17.3 Å². The first kappa shape index (κ1) is 12.4. The van der Waals surface area contributed by atoms with Crippen molar-refractivity contribution in [2.45, 2.75) is 6.92 Å². The number of carbonyl (C=O) groups is 1. The molecule has 0 aliphatic heterocycles. The molecule has 0 saturated carbocycles. The standard InChI is InChI=1S/C13H12ClN3O/c1-8-2-5-12(16-7-8)17-13(18)9-3-4-10(14)11(15)6-9/h2-7H,15H2,1H3,(H,16,17,18). The van der Waals surface area contributed by atoms with Crippen LogP contribution in [0.1, 0.15) is 15.9 Å². The lowest BCUT2D eigenvalue weighted by molar-refractivity contribution is 0.102. The number of benzene rings is 1. The maximum absolute atomic E-state index is 11.9. The Morgan fingerprint density at radius 3 is 2.72 bits per heavy atom. The van der Waals surface area contributed by atoms with Crippen molar-refractivity contribution in [3.63, 3.8) is 0 Å². The van der Waals surface area contributed by atoms with Gasteiger partial charge in [0.2, 0.25) is 0 Å². The van der Waals surface area contributed by atoms with Crippen LogP contribution in [0, 0.1) is 6.92 Å². The molecule has 1 heterocycles. The first-order valence-electron chi connectivity index (χ1n) is 5.35. The van der Waals surface area contributed by atoms with Crippen LogP contribution in [-0.4, -0.2) is 10.9 Å². The number of nitrogen functional groups attached to an aromatic ring is 1. The molecule has 2 rings (SSSR count). The van der Waals surface area contributed by atoms with E-state index in [-0.39, 0.29) is 5.91 Å². The van der Waals surface area contributed by atoms with Gasteiger partial charge in [-0.15, -0.1) is 0 Å². The normalized spacial score (nSPS) is 10.1. The van der Waals surface area contributed by atoms with Gasteiger partial charge < -0.3 is 11.1 Å². The number of pyridine rings is 1.